The van der Waals surface area contributed by atoms with E-state index in [2.05, 4.69) is 36.6 Å². The fourth-order valence-corrected chi connectivity index (χ4v) is 7.62. The molecular weight excluding hydrogens is 453 g/mol. The Bertz CT molecular complexity index is 741. The van der Waals surface area contributed by atoms with Gasteiger partial charge >= 0.3 is 0 Å². The maximum atomic E-state index is 13.2. The summed E-state index contributed by atoms with van der Waals surface area (Å²) < 4.78 is 63.0. The number of sulfone groups is 1. The van der Waals surface area contributed by atoms with Crippen LogP contribution in [0.5, 0.6) is 0 Å². The van der Waals surface area contributed by atoms with E-state index in [1.165, 1.54) is 0 Å². The summed E-state index contributed by atoms with van der Waals surface area (Å²) in [6.45, 7) is 0.0395. The van der Waals surface area contributed by atoms with Crippen molar-refractivity contribution in [3.63, 3.8) is 0 Å². The van der Waals surface area contributed by atoms with Crippen LogP contribution in [-0.4, -0.2) is 34.9 Å². The van der Waals surface area contributed by atoms with Gasteiger partial charge in [0.25, 0.3) is 0 Å². The highest BCUT2D eigenvalue weighted by molar-refractivity contribution is 9.11. The normalized spacial score (nSPS) is 21.6. The van der Waals surface area contributed by atoms with Gasteiger partial charge < -0.3 is 0 Å². The monoisotopic (exact) mass is 463 g/mol. The van der Waals surface area contributed by atoms with E-state index in [-0.39, 0.29) is 37.8 Å². The molecule has 0 spiro atoms. The second-order valence-electron chi connectivity index (χ2n) is 4.82. The quantitative estimate of drug-likeness (QED) is 0.739. The van der Waals surface area contributed by atoms with Crippen molar-refractivity contribution in [3.8, 4) is 0 Å². The summed E-state index contributed by atoms with van der Waals surface area (Å²) in [4.78, 5) is -0.107. The highest BCUT2D eigenvalue weighted by Crippen LogP contribution is 2.31. The molecule has 1 unspecified atom stereocenters. The van der Waals surface area contributed by atoms with Crippen LogP contribution >= 0.6 is 31.9 Å². The smallest absolute Gasteiger partial charge is 0.229 e. The van der Waals surface area contributed by atoms with E-state index >= 15 is 0 Å². The van der Waals surface area contributed by atoms with Gasteiger partial charge in [-0.15, -0.1) is 0 Å². The van der Waals surface area contributed by atoms with Gasteiger partial charge in [0.2, 0.25) is 10.0 Å². The zero-order valence-corrected chi connectivity index (χ0v) is 15.4. The molecule has 0 saturated carbocycles. The van der Waals surface area contributed by atoms with Crippen molar-refractivity contribution in [1.82, 2.24) is 4.72 Å². The van der Waals surface area contributed by atoms with E-state index < -0.39 is 25.7 Å². The molecule has 1 aromatic rings. The van der Waals surface area contributed by atoms with Crippen molar-refractivity contribution in [2.75, 3.05) is 18.1 Å². The Morgan fingerprint density at radius 2 is 1.86 bits per heavy atom. The number of rotatable bonds is 4. The molecule has 0 radical (unpaired) electrons. The zero-order chi connectivity index (χ0) is 15.8. The largest absolute Gasteiger partial charge is 0.242 e. The number of nitrogens with one attached hydrogen (secondary N) is 1. The molecule has 1 atom stereocenters. The van der Waals surface area contributed by atoms with Crippen LogP contribution in [0.1, 0.15) is 6.42 Å². The number of halogens is 3. The van der Waals surface area contributed by atoms with E-state index in [4.69, 9.17) is 0 Å². The molecule has 118 valence electrons. The van der Waals surface area contributed by atoms with Crippen LogP contribution in [0.4, 0.5) is 4.39 Å². The fraction of sp³-hybridized carbons (Fsp3) is 0.455. The summed E-state index contributed by atoms with van der Waals surface area (Å²) in [5.74, 6) is -0.734. The van der Waals surface area contributed by atoms with Gasteiger partial charge in [-0.05, 0) is 56.3 Å². The number of hydrogen-bond acceptors (Lipinski definition) is 4. The molecule has 1 N–H and O–H groups in total. The van der Waals surface area contributed by atoms with Gasteiger partial charge in [0.1, 0.15) is 10.7 Å². The molecule has 1 heterocycles. The summed E-state index contributed by atoms with van der Waals surface area (Å²) in [5.41, 5.74) is 0. The lowest BCUT2D eigenvalue weighted by Crippen LogP contribution is -2.30. The Balaban J connectivity index is 2.17. The standard InChI is InChI=1S/C11H12Br2FNO4S2/c12-9-3-8(14)4-10(13)11(9)21(18,19)15-5-7-1-2-20(16,17)6-7/h3-4,7,15H,1-2,5-6H2. The number of benzene rings is 1. The third kappa shape index (κ3) is 4.25. The summed E-state index contributed by atoms with van der Waals surface area (Å²) >= 11 is 6.04. The van der Waals surface area contributed by atoms with Crippen LogP contribution in [0.25, 0.3) is 0 Å². The van der Waals surface area contributed by atoms with Crippen molar-refractivity contribution in [3.05, 3.63) is 26.9 Å². The summed E-state index contributed by atoms with van der Waals surface area (Å²) in [7, 11) is -6.92. The van der Waals surface area contributed by atoms with Gasteiger partial charge in [0, 0.05) is 15.5 Å². The summed E-state index contributed by atoms with van der Waals surface area (Å²) in [5, 5.41) is 0. The molecule has 1 saturated heterocycles. The van der Waals surface area contributed by atoms with Crippen LogP contribution in [0.15, 0.2) is 26.0 Å². The predicted octanol–water partition coefficient (Wildman–Crippen LogP) is 2.06. The lowest BCUT2D eigenvalue weighted by molar-refractivity contribution is 0.542. The minimum absolute atomic E-state index is 0.0126. The van der Waals surface area contributed by atoms with Gasteiger partial charge in [0.05, 0.1) is 11.5 Å². The highest BCUT2D eigenvalue weighted by atomic mass is 79.9. The van der Waals surface area contributed by atoms with E-state index in [1.807, 2.05) is 0 Å². The van der Waals surface area contributed by atoms with Crippen LogP contribution in [0.2, 0.25) is 0 Å². The van der Waals surface area contributed by atoms with Crippen molar-refractivity contribution >= 4 is 51.7 Å². The third-order valence-electron chi connectivity index (χ3n) is 3.12. The first-order valence-corrected chi connectivity index (χ1v) is 10.8. The van der Waals surface area contributed by atoms with E-state index in [0.29, 0.717) is 6.42 Å². The number of hydrogen-bond donors (Lipinski definition) is 1. The summed E-state index contributed by atoms with van der Waals surface area (Å²) in [6, 6.07) is 2.11. The van der Waals surface area contributed by atoms with Crippen molar-refractivity contribution in [2.45, 2.75) is 11.3 Å². The van der Waals surface area contributed by atoms with Crippen LogP contribution in [0, 0.1) is 11.7 Å². The molecule has 0 aromatic heterocycles. The summed E-state index contributed by atoms with van der Waals surface area (Å²) in [6.07, 6.45) is 0.441. The lowest BCUT2D eigenvalue weighted by atomic mass is 10.1. The van der Waals surface area contributed by atoms with Gasteiger partial charge in [-0.1, -0.05) is 0 Å². The molecule has 2 rings (SSSR count). The Hall–Kier alpha value is -0.0300. The maximum Gasteiger partial charge on any atom is 0.242 e. The van der Waals surface area contributed by atoms with E-state index in [1.54, 1.807) is 0 Å². The van der Waals surface area contributed by atoms with E-state index in [9.17, 15) is 21.2 Å². The zero-order valence-electron chi connectivity index (χ0n) is 10.6. The molecule has 0 bridgehead atoms. The predicted molar refractivity (Wildman–Crippen MR) is 83.7 cm³/mol. The lowest BCUT2D eigenvalue weighted by Gasteiger charge is -2.13. The molecule has 1 fully saturated rings. The van der Waals surface area contributed by atoms with Gasteiger partial charge in [0.15, 0.2) is 9.84 Å². The molecule has 1 aromatic carbocycles. The van der Waals surface area contributed by atoms with Gasteiger partial charge in [-0.2, -0.15) is 0 Å². The second kappa shape index (κ2) is 6.23. The molecule has 0 amide bonds. The van der Waals surface area contributed by atoms with Crippen molar-refractivity contribution in [1.29, 1.82) is 0 Å². The Morgan fingerprint density at radius 3 is 2.33 bits per heavy atom. The molecule has 10 heteroatoms. The second-order valence-corrected chi connectivity index (χ2v) is 10.5. The molecule has 21 heavy (non-hydrogen) atoms. The van der Waals surface area contributed by atoms with Crippen LogP contribution in [-0.2, 0) is 19.9 Å². The van der Waals surface area contributed by atoms with Crippen LogP contribution < -0.4 is 4.72 Å². The topological polar surface area (TPSA) is 80.3 Å². The fourth-order valence-electron chi connectivity index (χ4n) is 2.12. The van der Waals surface area contributed by atoms with Gasteiger partial charge in [-0.3, -0.25) is 0 Å². The third-order valence-corrected chi connectivity index (χ3v) is 8.26. The maximum absolute atomic E-state index is 13.2. The molecule has 0 aliphatic carbocycles. The number of sulfonamides is 1. The minimum atomic E-state index is -3.87. The Morgan fingerprint density at radius 1 is 1.29 bits per heavy atom. The van der Waals surface area contributed by atoms with Gasteiger partial charge in [-0.25, -0.2) is 25.9 Å². The van der Waals surface area contributed by atoms with E-state index in [0.717, 1.165) is 12.1 Å². The van der Waals surface area contributed by atoms with Crippen molar-refractivity contribution in [2.24, 2.45) is 5.92 Å². The molecule has 5 nitrogen and oxygen atoms in total. The molecular formula is C11H12Br2FNO4S2. The average Bonchev–Trinajstić information content (AvgIpc) is 2.65. The SMILES string of the molecule is O=S1(=O)CCC(CNS(=O)(=O)c2c(Br)cc(F)cc2Br)C1. The first-order chi connectivity index (χ1) is 9.61. The first kappa shape index (κ1) is 17.3. The molecule has 1 aliphatic rings. The minimum Gasteiger partial charge on any atom is -0.229 e. The van der Waals surface area contributed by atoms with Crippen molar-refractivity contribution < 1.29 is 21.2 Å². The Labute approximate surface area is 139 Å². The Kier molecular flexibility index (Phi) is 5.14. The molecule has 1 aliphatic heterocycles. The first-order valence-electron chi connectivity index (χ1n) is 5.95. The highest BCUT2D eigenvalue weighted by Gasteiger charge is 2.30. The average molecular weight is 465 g/mol. The van der Waals surface area contributed by atoms with Crippen LogP contribution in [0.3, 0.4) is 0 Å².